The van der Waals surface area contributed by atoms with Crippen molar-refractivity contribution in [2.24, 2.45) is 0 Å². The molecule has 1 N–H and O–H groups in total. The van der Waals surface area contributed by atoms with E-state index < -0.39 is 0 Å². The van der Waals surface area contributed by atoms with Gasteiger partial charge >= 0.3 is 0 Å². The summed E-state index contributed by atoms with van der Waals surface area (Å²) in [7, 11) is 1.69. The third-order valence-electron chi connectivity index (χ3n) is 3.56. The average molecular weight is 272 g/mol. The van der Waals surface area contributed by atoms with Crippen LogP contribution in [0.5, 0.6) is 5.75 Å². The predicted molar refractivity (Wildman–Crippen MR) is 77.2 cm³/mol. The number of aromatic nitrogens is 2. The largest absolute Gasteiger partial charge is 0.496 e. The van der Waals surface area contributed by atoms with Crippen molar-refractivity contribution < 1.29 is 4.74 Å². The van der Waals surface area contributed by atoms with E-state index in [1.54, 1.807) is 7.11 Å². The molecular formula is C15H16N2OS. The van der Waals surface area contributed by atoms with Gasteiger partial charge in [0, 0.05) is 23.2 Å². The minimum absolute atomic E-state index is 0.723. The topological polar surface area (TPSA) is 37.9 Å². The molecule has 0 atom stereocenters. The molecule has 0 bridgehead atoms. The van der Waals surface area contributed by atoms with Gasteiger partial charge in [-0.15, -0.1) is 0 Å². The van der Waals surface area contributed by atoms with Gasteiger partial charge in [-0.2, -0.15) is 0 Å². The summed E-state index contributed by atoms with van der Waals surface area (Å²) in [6, 6.07) is 8.02. The van der Waals surface area contributed by atoms with Crippen LogP contribution >= 0.6 is 12.2 Å². The molecule has 0 radical (unpaired) electrons. The van der Waals surface area contributed by atoms with Crippen LogP contribution in [0.1, 0.15) is 29.1 Å². The first-order valence-electron chi connectivity index (χ1n) is 6.51. The zero-order valence-corrected chi connectivity index (χ0v) is 11.7. The SMILES string of the molecule is COc1ccccc1Cc1nc(=S)c2c([nH]1)CCC2. The number of para-hydroxylation sites is 1. The van der Waals surface area contributed by atoms with Gasteiger partial charge in [0.15, 0.2) is 0 Å². The molecule has 0 amide bonds. The summed E-state index contributed by atoms with van der Waals surface area (Å²) in [5, 5.41) is 0. The summed E-state index contributed by atoms with van der Waals surface area (Å²) in [6.45, 7) is 0. The highest BCUT2D eigenvalue weighted by atomic mass is 32.1. The fourth-order valence-electron chi connectivity index (χ4n) is 2.62. The molecule has 1 aromatic carbocycles. The lowest BCUT2D eigenvalue weighted by molar-refractivity contribution is 0.410. The smallest absolute Gasteiger partial charge is 0.133 e. The molecule has 4 heteroatoms. The van der Waals surface area contributed by atoms with E-state index in [1.165, 1.54) is 17.7 Å². The molecule has 3 nitrogen and oxygen atoms in total. The van der Waals surface area contributed by atoms with Crippen LogP contribution in [-0.4, -0.2) is 17.1 Å². The van der Waals surface area contributed by atoms with Crippen LogP contribution in [0.2, 0.25) is 0 Å². The summed E-state index contributed by atoms with van der Waals surface area (Å²) in [6.07, 6.45) is 4.04. The lowest BCUT2D eigenvalue weighted by Crippen LogP contribution is -2.03. The van der Waals surface area contributed by atoms with E-state index in [0.29, 0.717) is 0 Å². The molecule has 0 fully saturated rings. The predicted octanol–water partition coefficient (Wildman–Crippen LogP) is 3.23. The average Bonchev–Trinajstić information content (AvgIpc) is 2.88. The summed E-state index contributed by atoms with van der Waals surface area (Å²) in [5.41, 5.74) is 3.63. The number of ether oxygens (including phenoxy) is 1. The maximum atomic E-state index is 5.38. The van der Waals surface area contributed by atoms with Gasteiger partial charge in [-0.3, -0.25) is 0 Å². The molecule has 0 saturated carbocycles. The first kappa shape index (κ1) is 12.4. The van der Waals surface area contributed by atoms with Gasteiger partial charge in [0.05, 0.1) is 7.11 Å². The minimum atomic E-state index is 0.723. The van der Waals surface area contributed by atoms with Crippen LogP contribution < -0.4 is 4.74 Å². The van der Waals surface area contributed by atoms with E-state index in [2.05, 4.69) is 16.0 Å². The van der Waals surface area contributed by atoms with E-state index in [1.807, 2.05) is 18.2 Å². The lowest BCUT2D eigenvalue weighted by atomic mass is 10.1. The summed E-state index contributed by atoms with van der Waals surface area (Å²) in [4.78, 5) is 7.95. The number of nitrogens with one attached hydrogen (secondary N) is 1. The molecule has 0 unspecified atom stereocenters. The van der Waals surface area contributed by atoms with Gasteiger partial charge < -0.3 is 9.72 Å². The molecule has 0 spiro atoms. The molecule has 0 aliphatic heterocycles. The Kier molecular flexibility index (Phi) is 3.34. The van der Waals surface area contributed by atoms with Gasteiger partial charge in [-0.25, -0.2) is 4.98 Å². The molecule has 1 aliphatic rings. The zero-order valence-electron chi connectivity index (χ0n) is 10.9. The monoisotopic (exact) mass is 272 g/mol. The van der Waals surface area contributed by atoms with Crippen LogP contribution in [0.25, 0.3) is 0 Å². The Hall–Kier alpha value is -1.68. The standard InChI is InChI=1S/C15H16N2OS/c1-18-13-8-3-2-5-10(13)9-14-16-12-7-4-6-11(12)15(19)17-14/h2-3,5,8H,4,6-7,9H2,1H3,(H,16,17,19). The van der Waals surface area contributed by atoms with Crippen molar-refractivity contribution >= 4 is 12.2 Å². The van der Waals surface area contributed by atoms with Gasteiger partial charge in [-0.1, -0.05) is 30.4 Å². The number of aromatic amines is 1. The van der Waals surface area contributed by atoms with Crippen molar-refractivity contribution in [2.75, 3.05) is 7.11 Å². The molecular weight excluding hydrogens is 256 g/mol. The van der Waals surface area contributed by atoms with Crippen LogP contribution in [-0.2, 0) is 19.3 Å². The van der Waals surface area contributed by atoms with E-state index >= 15 is 0 Å². The molecule has 19 heavy (non-hydrogen) atoms. The minimum Gasteiger partial charge on any atom is -0.496 e. The number of hydrogen-bond donors (Lipinski definition) is 1. The second-order valence-corrected chi connectivity index (χ2v) is 5.17. The van der Waals surface area contributed by atoms with Crippen molar-refractivity contribution in [1.82, 2.24) is 9.97 Å². The molecule has 2 aromatic rings. The van der Waals surface area contributed by atoms with E-state index in [0.717, 1.165) is 41.0 Å². The zero-order chi connectivity index (χ0) is 13.2. The van der Waals surface area contributed by atoms with Crippen LogP contribution in [0, 0.1) is 4.64 Å². The van der Waals surface area contributed by atoms with Crippen molar-refractivity contribution in [3.05, 3.63) is 51.6 Å². The summed E-state index contributed by atoms with van der Waals surface area (Å²) < 4.78 is 6.13. The fraction of sp³-hybridized carbons (Fsp3) is 0.333. The summed E-state index contributed by atoms with van der Waals surface area (Å²) >= 11 is 5.38. The number of aryl methyl sites for hydroxylation is 1. The molecule has 1 aliphatic carbocycles. The van der Waals surface area contributed by atoms with E-state index in [4.69, 9.17) is 17.0 Å². The van der Waals surface area contributed by atoms with E-state index in [-0.39, 0.29) is 0 Å². The Balaban J connectivity index is 1.96. The highest BCUT2D eigenvalue weighted by Crippen LogP contribution is 2.23. The van der Waals surface area contributed by atoms with Gasteiger partial charge in [-0.05, 0) is 25.3 Å². The second-order valence-electron chi connectivity index (χ2n) is 4.79. The molecule has 98 valence electrons. The van der Waals surface area contributed by atoms with Gasteiger partial charge in [0.25, 0.3) is 0 Å². The number of methoxy groups -OCH3 is 1. The van der Waals surface area contributed by atoms with Crippen molar-refractivity contribution in [3.63, 3.8) is 0 Å². The quantitative estimate of drug-likeness (QED) is 0.872. The maximum absolute atomic E-state index is 5.38. The highest BCUT2D eigenvalue weighted by molar-refractivity contribution is 7.71. The Bertz CT molecular complexity index is 663. The number of fused-ring (bicyclic) bond motifs is 1. The third-order valence-corrected chi connectivity index (χ3v) is 3.90. The Morgan fingerprint density at radius 3 is 3.00 bits per heavy atom. The van der Waals surface area contributed by atoms with Crippen molar-refractivity contribution in [1.29, 1.82) is 0 Å². The second kappa shape index (κ2) is 5.13. The van der Waals surface area contributed by atoms with Crippen LogP contribution in [0.15, 0.2) is 24.3 Å². The molecule has 0 saturated heterocycles. The van der Waals surface area contributed by atoms with Crippen LogP contribution in [0.3, 0.4) is 0 Å². The Morgan fingerprint density at radius 2 is 2.16 bits per heavy atom. The van der Waals surface area contributed by atoms with Crippen LogP contribution in [0.4, 0.5) is 0 Å². The highest BCUT2D eigenvalue weighted by Gasteiger charge is 2.15. The lowest BCUT2D eigenvalue weighted by Gasteiger charge is -2.09. The fourth-order valence-corrected chi connectivity index (χ4v) is 2.96. The molecule has 1 heterocycles. The molecule has 1 aromatic heterocycles. The van der Waals surface area contributed by atoms with Gasteiger partial charge in [0.1, 0.15) is 16.2 Å². The number of hydrogen-bond acceptors (Lipinski definition) is 3. The first-order valence-corrected chi connectivity index (χ1v) is 6.91. The molecule has 3 rings (SSSR count). The van der Waals surface area contributed by atoms with E-state index in [9.17, 15) is 0 Å². The normalized spacial score (nSPS) is 13.3. The Labute approximate surface area is 117 Å². The number of nitrogens with zero attached hydrogens (tertiary/aromatic N) is 1. The maximum Gasteiger partial charge on any atom is 0.133 e. The van der Waals surface area contributed by atoms with Crippen molar-refractivity contribution in [2.45, 2.75) is 25.7 Å². The third kappa shape index (κ3) is 2.40. The number of rotatable bonds is 3. The van der Waals surface area contributed by atoms with Gasteiger partial charge in [0.2, 0.25) is 0 Å². The number of H-pyrrole nitrogens is 1. The first-order chi connectivity index (χ1) is 9.28. The summed E-state index contributed by atoms with van der Waals surface area (Å²) in [5.74, 6) is 1.82. The Morgan fingerprint density at radius 1 is 1.32 bits per heavy atom. The van der Waals surface area contributed by atoms with Crippen molar-refractivity contribution in [3.8, 4) is 5.75 Å². The number of benzene rings is 1.